The van der Waals surface area contributed by atoms with E-state index in [1.54, 1.807) is 12.1 Å². The zero-order valence-corrected chi connectivity index (χ0v) is 16.4. The van der Waals surface area contributed by atoms with E-state index in [1.165, 1.54) is 6.92 Å². The first-order valence-electron chi connectivity index (χ1n) is 9.52. The summed E-state index contributed by atoms with van der Waals surface area (Å²) in [6, 6.07) is 24.5. The summed E-state index contributed by atoms with van der Waals surface area (Å²) < 4.78 is 5.75. The van der Waals surface area contributed by atoms with E-state index in [-0.39, 0.29) is 11.7 Å². The number of rotatable bonds is 9. The van der Waals surface area contributed by atoms with Crippen molar-refractivity contribution in [1.82, 2.24) is 0 Å². The molecule has 0 aliphatic carbocycles. The second-order valence-electron chi connectivity index (χ2n) is 6.66. The Morgan fingerprint density at radius 2 is 1.48 bits per heavy atom. The fraction of sp³-hybridized carbons (Fsp3) is 0.167. The third kappa shape index (κ3) is 6.50. The lowest BCUT2D eigenvalue weighted by atomic mass is 10.1. The van der Waals surface area contributed by atoms with Gasteiger partial charge >= 0.3 is 0 Å². The van der Waals surface area contributed by atoms with Crippen LogP contribution in [0, 0.1) is 0 Å². The Kier molecular flexibility index (Phi) is 7.00. The molecule has 0 radical (unpaired) electrons. The molecule has 3 aromatic carbocycles. The molecule has 3 rings (SSSR count). The van der Waals surface area contributed by atoms with Gasteiger partial charge in [0, 0.05) is 29.9 Å². The molecule has 0 heterocycles. The molecule has 5 heteroatoms. The predicted molar refractivity (Wildman–Crippen MR) is 115 cm³/mol. The quantitative estimate of drug-likeness (QED) is 0.511. The summed E-state index contributed by atoms with van der Waals surface area (Å²) in [5.74, 6) is 0.714. The van der Waals surface area contributed by atoms with E-state index in [0.717, 1.165) is 22.7 Å². The minimum Gasteiger partial charge on any atom is -0.489 e. The second-order valence-corrected chi connectivity index (χ2v) is 6.66. The van der Waals surface area contributed by atoms with Gasteiger partial charge in [-0.3, -0.25) is 9.59 Å². The lowest BCUT2D eigenvalue weighted by molar-refractivity contribution is -0.115. The maximum absolute atomic E-state index is 12.1. The number of carbonyl (C=O) groups is 2. The van der Waals surface area contributed by atoms with Crippen LogP contribution in [0.25, 0.3) is 0 Å². The van der Waals surface area contributed by atoms with E-state index in [0.29, 0.717) is 25.1 Å². The number of amides is 1. The van der Waals surface area contributed by atoms with Crippen molar-refractivity contribution in [2.75, 3.05) is 17.2 Å². The minimum absolute atomic E-state index is 0.0346. The van der Waals surface area contributed by atoms with Crippen LogP contribution in [0.1, 0.15) is 29.3 Å². The number of hydrogen-bond donors (Lipinski definition) is 2. The number of carbonyl (C=O) groups excluding carboxylic acids is 2. The highest BCUT2D eigenvalue weighted by molar-refractivity contribution is 5.94. The number of ketones is 1. The molecule has 5 nitrogen and oxygen atoms in total. The average Bonchev–Trinajstić information content (AvgIpc) is 2.74. The molecule has 0 aliphatic heterocycles. The molecule has 0 bridgehead atoms. The molecule has 0 aromatic heterocycles. The van der Waals surface area contributed by atoms with Crippen LogP contribution in [0.2, 0.25) is 0 Å². The number of benzene rings is 3. The van der Waals surface area contributed by atoms with E-state index in [9.17, 15) is 9.59 Å². The first kappa shape index (κ1) is 20.1. The number of ether oxygens (including phenoxy) is 1. The third-order valence-electron chi connectivity index (χ3n) is 4.36. The van der Waals surface area contributed by atoms with Crippen LogP contribution in [0.3, 0.4) is 0 Å². The highest BCUT2D eigenvalue weighted by Crippen LogP contribution is 2.17. The van der Waals surface area contributed by atoms with Crippen LogP contribution in [-0.4, -0.2) is 18.2 Å². The maximum atomic E-state index is 12.1. The van der Waals surface area contributed by atoms with Crippen molar-refractivity contribution in [3.8, 4) is 5.75 Å². The molecule has 0 unspecified atom stereocenters. The highest BCUT2D eigenvalue weighted by atomic mass is 16.5. The Morgan fingerprint density at radius 3 is 2.14 bits per heavy atom. The number of anilines is 2. The zero-order valence-electron chi connectivity index (χ0n) is 16.4. The van der Waals surface area contributed by atoms with Crippen LogP contribution >= 0.6 is 0 Å². The molecule has 0 spiro atoms. The summed E-state index contributed by atoms with van der Waals surface area (Å²) in [6.07, 6.45) is 0.334. The van der Waals surface area contributed by atoms with E-state index >= 15 is 0 Å². The lowest BCUT2D eigenvalue weighted by Crippen LogP contribution is -2.16. The first-order chi connectivity index (χ1) is 14.1. The number of nitrogens with one attached hydrogen (secondary N) is 2. The van der Waals surface area contributed by atoms with E-state index in [1.807, 2.05) is 66.7 Å². The SMILES string of the molecule is CC(=O)c1ccc(NCCC(=O)Nc2ccc(OCc3ccccc3)cc2)cc1. The van der Waals surface area contributed by atoms with Gasteiger partial charge in [-0.15, -0.1) is 0 Å². The van der Waals surface area contributed by atoms with Gasteiger partial charge in [0.1, 0.15) is 12.4 Å². The Bertz CT molecular complexity index is 936. The van der Waals surface area contributed by atoms with Crippen molar-refractivity contribution in [2.45, 2.75) is 20.0 Å². The summed E-state index contributed by atoms with van der Waals surface area (Å²) in [4.78, 5) is 23.4. The molecule has 0 saturated heterocycles. The zero-order chi connectivity index (χ0) is 20.5. The second kappa shape index (κ2) is 10.1. The monoisotopic (exact) mass is 388 g/mol. The summed E-state index contributed by atoms with van der Waals surface area (Å²) >= 11 is 0. The lowest BCUT2D eigenvalue weighted by Gasteiger charge is -2.09. The van der Waals surface area contributed by atoms with Crippen molar-refractivity contribution in [2.24, 2.45) is 0 Å². The fourth-order valence-electron chi connectivity index (χ4n) is 2.74. The molecule has 29 heavy (non-hydrogen) atoms. The van der Waals surface area contributed by atoms with Gasteiger partial charge in [-0.25, -0.2) is 0 Å². The molecule has 148 valence electrons. The van der Waals surface area contributed by atoms with E-state index < -0.39 is 0 Å². The predicted octanol–water partition coefficient (Wildman–Crippen LogP) is 4.91. The van der Waals surface area contributed by atoms with Gasteiger partial charge in [-0.1, -0.05) is 30.3 Å². The Morgan fingerprint density at radius 1 is 0.828 bits per heavy atom. The van der Waals surface area contributed by atoms with Gasteiger partial charge in [0.15, 0.2) is 5.78 Å². The third-order valence-corrected chi connectivity index (χ3v) is 4.36. The highest BCUT2D eigenvalue weighted by Gasteiger charge is 2.04. The average molecular weight is 388 g/mol. The summed E-state index contributed by atoms with van der Waals surface area (Å²) in [5, 5.41) is 6.05. The van der Waals surface area contributed by atoms with Crippen LogP contribution in [0.5, 0.6) is 5.75 Å². The number of hydrogen-bond acceptors (Lipinski definition) is 4. The standard InChI is InChI=1S/C24H24N2O3/c1-18(27)20-7-9-21(10-8-20)25-16-15-24(28)26-22-11-13-23(14-12-22)29-17-19-5-3-2-4-6-19/h2-14,25H,15-17H2,1H3,(H,26,28). The van der Waals surface area contributed by atoms with Gasteiger partial charge in [-0.2, -0.15) is 0 Å². The van der Waals surface area contributed by atoms with Crippen LogP contribution in [0.4, 0.5) is 11.4 Å². The Labute approximate surface area is 170 Å². The Hall–Kier alpha value is -3.60. The van der Waals surface area contributed by atoms with Gasteiger partial charge in [-0.05, 0) is 61.0 Å². The van der Waals surface area contributed by atoms with Gasteiger partial charge in [0.2, 0.25) is 5.91 Å². The molecule has 0 saturated carbocycles. The molecular formula is C24H24N2O3. The molecule has 1 amide bonds. The minimum atomic E-state index is -0.0733. The maximum Gasteiger partial charge on any atom is 0.226 e. The van der Waals surface area contributed by atoms with Crippen LogP contribution in [-0.2, 0) is 11.4 Å². The van der Waals surface area contributed by atoms with Crippen LogP contribution in [0.15, 0.2) is 78.9 Å². The molecular weight excluding hydrogens is 364 g/mol. The topological polar surface area (TPSA) is 67.4 Å². The van der Waals surface area contributed by atoms with Gasteiger partial charge in [0.05, 0.1) is 0 Å². The van der Waals surface area contributed by atoms with E-state index in [4.69, 9.17) is 4.74 Å². The summed E-state index contributed by atoms with van der Waals surface area (Å²) in [7, 11) is 0. The van der Waals surface area contributed by atoms with Crippen molar-refractivity contribution in [1.29, 1.82) is 0 Å². The summed E-state index contributed by atoms with van der Waals surface area (Å²) in [5.41, 5.74) is 3.38. The smallest absolute Gasteiger partial charge is 0.226 e. The van der Waals surface area contributed by atoms with E-state index in [2.05, 4.69) is 10.6 Å². The van der Waals surface area contributed by atoms with Crippen LogP contribution < -0.4 is 15.4 Å². The van der Waals surface area contributed by atoms with Crippen molar-refractivity contribution >= 4 is 23.1 Å². The number of Topliss-reactive ketones (excluding diaryl/α,β-unsaturated/α-hetero) is 1. The van der Waals surface area contributed by atoms with Gasteiger partial charge < -0.3 is 15.4 Å². The molecule has 2 N–H and O–H groups in total. The van der Waals surface area contributed by atoms with Crippen molar-refractivity contribution in [3.63, 3.8) is 0 Å². The molecule has 0 aliphatic rings. The molecule has 0 fully saturated rings. The normalized spacial score (nSPS) is 10.2. The van der Waals surface area contributed by atoms with Crippen molar-refractivity contribution < 1.29 is 14.3 Å². The summed E-state index contributed by atoms with van der Waals surface area (Å²) in [6.45, 7) is 2.55. The largest absolute Gasteiger partial charge is 0.489 e. The van der Waals surface area contributed by atoms with Gasteiger partial charge in [0.25, 0.3) is 0 Å². The first-order valence-corrected chi connectivity index (χ1v) is 9.52. The van der Waals surface area contributed by atoms with Crippen molar-refractivity contribution in [3.05, 3.63) is 90.0 Å². The fourth-order valence-corrected chi connectivity index (χ4v) is 2.74. The Balaban J connectivity index is 1.40. The molecule has 3 aromatic rings. The molecule has 0 atom stereocenters.